The summed E-state index contributed by atoms with van der Waals surface area (Å²) in [4.78, 5) is 32.6. The van der Waals surface area contributed by atoms with Crippen LogP contribution >= 0.6 is 0 Å². The minimum Gasteiger partial charge on any atom is -0.454 e. The van der Waals surface area contributed by atoms with Crippen LogP contribution in [0, 0.1) is 5.92 Å². The Labute approximate surface area is 167 Å². The van der Waals surface area contributed by atoms with Gasteiger partial charge >= 0.3 is 6.01 Å². The molecule has 2 amide bonds. The molecule has 1 aromatic carbocycles. The van der Waals surface area contributed by atoms with Crippen LogP contribution in [0.15, 0.2) is 28.9 Å². The third kappa shape index (κ3) is 3.91. The number of aromatic nitrogens is 1. The van der Waals surface area contributed by atoms with Gasteiger partial charge in [0.2, 0.25) is 12.7 Å². The van der Waals surface area contributed by atoms with Crippen molar-refractivity contribution in [1.82, 2.24) is 14.8 Å². The zero-order valence-electron chi connectivity index (χ0n) is 15.9. The number of oxazole rings is 1. The van der Waals surface area contributed by atoms with Gasteiger partial charge < -0.3 is 18.8 Å². The van der Waals surface area contributed by atoms with Crippen molar-refractivity contribution in [3.63, 3.8) is 0 Å². The van der Waals surface area contributed by atoms with Crippen molar-refractivity contribution in [2.75, 3.05) is 38.3 Å². The molecule has 3 heterocycles. The van der Waals surface area contributed by atoms with Crippen LogP contribution in [0.2, 0.25) is 0 Å². The maximum atomic E-state index is 12.7. The Morgan fingerprint density at radius 2 is 1.90 bits per heavy atom. The fourth-order valence-corrected chi connectivity index (χ4v) is 3.55. The van der Waals surface area contributed by atoms with E-state index >= 15 is 0 Å². The van der Waals surface area contributed by atoms with Gasteiger partial charge in [-0.3, -0.25) is 19.8 Å². The molecule has 9 nitrogen and oxygen atoms in total. The smallest absolute Gasteiger partial charge is 0.302 e. The number of piperazine rings is 1. The van der Waals surface area contributed by atoms with Crippen molar-refractivity contribution in [3.05, 3.63) is 35.7 Å². The standard InChI is InChI=1S/C20H22N4O5/c25-18(14-2-3-14)22-20-21-15(11-27-20)19(26)24-7-5-23(6-8-24)10-13-1-4-16-17(9-13)29-12-28-16/h1,4,9,11,14H,2-3,5-8,10,12H2,(H,21,22,25). The lowest BCUT2D eigenvalue weighted by molar-refractivity contribution is -0.117. The van der Waals surface area contributed by atoms with E-state index in [1.165, 1.54) is 6.26 Å². The van der Waals surface area contributed by atoms with E-state index in [-0.39, 0.29) is 36.2 Å². The summed E-state index contributed by atoms with van der Waals surface area (Å²) in [5.74, 6) is 1.35. The number of nitrogens with one attached hydrogen (secondary N) is 1. The summed E-state index contributed by atoms with van der Waals surface area (Å²) in [6.45, 7) is 3.82. The Kier molecular flexibility index (Phi) is 4.59. The van der Waals surface area contributed by atoms with Crippen LogP contribution in [-0.2, 0) is 11.3 Å². The predicted octanol–water partition coefficient (Wildman–Crippen LogP) is 1.71. The summed E-state index contributed by atoms with van der Waals surface area (Å²) >= 11 is 0. The maximum Gasteiger partial charge on any atom is 0.302 e. The Morgan fingerprint density at radius 1 is 1.10 bits per heavy atom. The molecular formula is C20H22N4O5. The summed E-state index contributed by atoms with van der Waals surface area (Å²) in [6.07, 6.45) is 3.10. The molecule has 1 N–H and O–H groups in total. The molecule has 0 unspecified atom stereocenters. The average Bonchev–Trinajstić information content (AvgIpc) is 3.31. The highest BCUT2D eigenvalue weighted by Gasteiger charge is 2.31. The molecule has 3 aliphatic rings. The molecule has 0 radical (unpaired) electrons. The number of ether oxygens (including phenoxy) is 2. The molecule has 9 heteroatoms. The zero-order valence-corrected chi connectivity index (χ0v) is 15.9. The number of hydrogen-bond acceptors (Lipinski definition) is 7. The van der Waals surface area contributed by atoms with Crippen LogP contribution in [0.25, 0.3) is 0 Å². The van der Waals surface area contributed by atoms with Crippen LogP contribution in [0.3, 0.4) is 0 Å². The Morgan fingerprint density at radius 3 is 2.69 bits per heavy atom. The summed E-state index contributed by atoms with van der Waals surface area (Å²) in [5.41, 5.74) is 1.38. The van der Waals surface area contributed by atoms with Gasteiger partial charge in [-0.05, 0) is 30.5 Å². The lowest BCUT2D eigenvalue weighted by Crippen LogP contribution is -2.48. The number of carbonyl (C=O) groups excluding carboxylic acids is 2. The second-order valence-electron chi connectivity index (χ2n) is 7.56. The Hall–Kier alpha value is -3.07. The number of nitrogens with zero attached hydrogens (tertiary/aromatic N) is 3. The highest BCUT2D eigenvalue weighted by Crippen LogP contribution is 2.33. The van der Waals surface area contributed by atoms with Crippen LogP contribution in [0.5, 0.6) is 11.5 Å². The second-order valence-corrected chi connectivity index (χ2v) is 7.56. The normalized spacial score (nSPS) is 18.7. The number of hydrogen-bond donors (Lipinski definition) is 1. The van der Waals surface area contributed by atoms with Gasteiger partial charge in [-0.15, -0.1) is 0 Å². The molecule has 1 saturated heterocycles. The zero-order chi connectivity index (χ0) is 19.8. The van der Waals surface area contributed by atoms with Crippen LogP contribution in [-0.4, -0.2) is 59.6 Å². The SMILES string of the molecule is O=C(Nc1nc(C(=O)N2CCN(Cc3ccc4c(c3)OCO4)CC2)co1)C1CC1. The van der Waals surface area contributed by atoms with Gasteiger partial charge in [0.25, 0.3) is 5.91 Å². The largest absolute Gasteiger partial charge is 0.454 e. The first-order valence-electron chi connectivity index (χ1n) is 9.82. The predicted molar refractivity (Wildman–Crippen MR) is 102 cm³/mol. The lowest BCUT2D eigenvalue weighted by atomic mass is 10.1. The monoisotopic (exact) mass is 398 g/mol. The highest BCUT2D eigenvalue weighted by atomic mass is 16.7. The van der Waals surface area contributed by atoms with Crippen molar-refractivity contribution in [2.45, 2.75) is 19.4 Å². The highest BCUT2D eigenvalue weighted by molar-refractivity contribution is 5.94. The van der Waals surface area contributed by atoms with E-state index in [0.29, 0.717) is 13.1 Å². The van der Waals surface area contributed by atoms with E-state index in [4.69, 9.17) is 13.9 Å². The van der Waals surface area contributed by atoms with Crippen molar-refractivity contribution in [3.8, 4) is 11.5 Å². The first-order valence-corrected chi connectivity index (χ1v) is 9.82. The Bertz CT molecular complexity index is 931. The van der Waals surface area contributed by atoms with Gasteiger partial charge in [0.15, 0.2) is 17.2 Å². The van der Waals surface area contributed by atoms with E-state index in [2.05, 4.69) is 15.2 Å². The van der Waals surface area contributed by atoms with Crippen LogP contribution in [0.1, 0.15) is 28.9 Å². The van der Waals surface area contributed by atoms with E-state index < -0.39 is 0 Å². The summed E-state index contributed by atoms with van der Waals surface area (Å²) in [7, 11) is 0. The summed E-state index contributed by atoms with van der Waals surface area (Å²) in [5, 5.41) is 2.62. The molecule has 1 saturated carbocycles. The number of anilines is 1. The second kappa shape index (κ2) is 7.40. The summed E-state index contributed by atoms with van der Waals surface area (Å²) < 4.78 is 16.0. The minimum atomic E-state index is -0.177. The first-order chi connectivity index (χ1) is 14.2. The van der Waals surface area contributed by atoms with Gasteiger partial charge in [-0.25, -0.2) is 0 Å². The third-order valence-corrected chi connectivity index (χ3v) is 5.40. The van der Waals surface area contributed by atoms with E-state index in [9.17, 15) is 9.59 Å². The lowest BCUT2D eigenvalue weighted by Gasteiger charge is -2.34. The topological polar surface area (TPSA) is 97.1 Å². The molecule has 0 spiro atoms. The van der Waals surface area contributed by atoms with Crippen LogP contribution in [0.4, 0.5) is 6.01 Å². The maximum absolute atomic E-state index is 12.7. The van der Waals surface area contributed by atoms with E-state index in [0.717, 1.165) is 49.5 Å². The molecule has 1 aliphatic carbocycles. The number of fused-ring (bicyclic) bond motifs is 1. The van der Waals surface area contributed by atoms with E-state index in [1.807, 2.05) is 18.2 Å². The molecule has 0 bridgehead atoms. The van der Waals surface area contributed by atoms with Crippen molar-refractivity contribution in [1.29, 1.82) is 0 Å². The minimum absolute atomic E-state index is 0.0545. The molecule has 2 aliphatic heterocycles. The van der Waals surface area contributed by atoms with Gasteiger partial charge in [-0.2, -0.15) is 4.98 Å². The molecule has 152 valence electrons. The Balaban J connectivity index is 1.14. The molecule has 2 aromatic rings. The van der Waals surface area contributed by atoms with Crippen molar-refractivity contribution < 1.29 is 23.5 Å². The summed E-state index contributed by atoms with van der Waals surface area (Å²) in [6, 6.07) is 6.07. The van der Waals surface area contributed by atoms with Crippen molar-refractivity contribution >= 4 is 17.8 Å². The molecule has 29 heavy (non-hydrogen) atoms. The molecule has 5 rings (SSSR count). The van der Waals surface area contributed by atoms with Crippen molar-refractivity contribution in [2.24, 2.45) is 5.92 Å². The average molecular weight is 398 g/mol. The number of rotatable bonds is 5. The molecule has 2 fully saturated rings. The fourth-order valence-electron chi connectivity index (χ4n) is 3.55. The van der Waals surface area contributed by atoms with Gasteiger partial charge in [0, 0.05) is 38.6 Å². The number of carbonyl (C=O) groups is 2. The van der Waals surface area contributed by atoms with Crippen LogP contribution < -0.4 is 14.8 Å². The van der Waals surface area contributed by atoms with Gasteiger partial charge in [-0.1, -0.05) is 6.07 Å². The number of amides is 2. The quantitative estimate of drug-likeness (QED) is 0.819. The molecule has 1 aromatic heterocycles. The molecule has 0 atom stereocenters. The van der Waals surface area contributed by atoms with Gasteiger partial charge in [0.1, 0.15) is 6.26 Å². The molecular weight excluding hydrogens is 376 g/mol. The van der Waals surface area contributed by atoms with E-state index in [1.54, 1.807) is 4.90 Å². The third-order valence-electron chi connectivity index (χ3n) is 5.40. The first kappa shape index (κ1) is 18.0. The number of benzene rings is 1. The fraction of sp³-hybridized carbons (Fsp3) is 0.450. The van der Waals surface area contributed by atoms with Gasteiger partial charge in [0.05, 0.1) is 0 Å².